The topological polar surface area (TPSA) is 37.0 Å². The van der Waals surface area contributed by atoms with E-state index >= 15 is 0 Å². The standard InChI is InChI=1S/C16H27N3/c1-16(2,3)12-5-10-15(18-11-12)19-14-8-6-13(17-4)7-9-14/h5,10-11,13-14,17H,6-9H2,1-4H3,(H,18,19). The highest BCUT2D eigenvalue weighted by Crippen LogP contribution is 2.24. The average Bonchev–Trinajstić information content (AvgIpc) is 2.39. The van der Waals surface area contributed by atoms with Crippen LogP contribution in [0, 0.1) is 0 Å². The van der Waals surface area contributed by atoms with Gasteiger partial charge in [-0.15, -0.1) is 0 Å². The molecule has 2 N–H and O–H groups in total. The molecule has 1 aliphatic rings. The zero-order valence-corrected chi connectivity index (χ0v) is 12.7. The minimum absolute atomic E-state index is 0.177. The summed E-state index contributed by atoms with van der Waals surface area (Å²) in [6.45, 7) is 6.66. The number of pyridine rings is 1. The van der Waals surface area contributed by atoms with Gasteiger partial charge in [0.1, 0.15) is 5.82 Å². The van der Waals surface area contributed by atoms with E-state index in [2.05, 4.69) is 55.6 Å². The lowest BCUT2D eigenvalue weighted by Crippen LogP contribution is -2.35. The highest BCUT2D eigenvalue weighted by atomic mass is 15.0. The predicted octanol–water partition coefficient (Wildman–Crippen LogP) is 3.32. The maximum atomic E-state index is 4.55. The molecule has 0 atom stereocenters. The Morgan fingerprint density at radius 3 is 2.16 bits per heavy atom. The van der Waals surface area contributed by atoms with Crippen LogP contribution in [0.4, 0.5) is 5.82 Å². The van der Waals surface area contributed by atoms with Crippen LogP contribution < -0.4 is 10.6 Å². The lowest BCUT2D eigenvalue weighted by atomic mass is 9.88. The highest BCUT2D eigenvalue weighted by molar-refractivity contribution is 5.38. The molecule has 1 aliphatic carbocycles. The van der Waals surface area contributed by atoms with Gasteiger partial charge in [-0.2, -0.15) is 0 Å². The Bertz CT molecular complexity index is 383. The van der Waals surface area contributed by atoms with Gasteiger partial charge in [-0.3, -0.25) is 0 Å². The molecule has 1 saturated carbocycles. The summed E-state index contributed by atoms with van der Waals surface area (Å²) >= 11 is 0. The molecule has 0 radical (unpaired) electrons. The Balaban J connectivity index is 1.90. The highest BCUT2D eigenvalue weighted by Gasteiger charge is 2.20. The van der Waals surface area contributed by atoms with E-state index in [1.54, 1.807) is 0 Å². The Hall–Kier alpha value is -1.09. The van der Waals surface area contributed by atoms with Crippen molar-refractivity contribution >= 4 is 5.82 Å². The van der Waals surface area contributed by atoms with Crippen LogP contribution in [0.2, 0.25) is 0 Å². The third kappa shape index (κ3) is 3.93. The van der Waals surface area contributed by atoms with E-state index in [0.29, 0.717) is 12.1 Å². The lowest BCUT2D eigenvalue weighted by molar-refractivity contribution is 0.371. The van der Waals surface area contributed by atoms with E-state index in [4.69, 9.17) is 0 Å². The molecule has 3 heteroatoms. The van der Waals surface area contributed by atoms with E-state index in [9.17, 15) is 0 Å². The van der Waals surface area contributed by atoms with Gasteiger partial charge in [-0.1, -0.05) is 26.8 Å². The zero-order valence-electron chi connectivity index (χ0n) is 12.7. The second kappa shape index (κ2) is 5.91. The van der Waals surface area contributed by atoms with Gasteiger partial charge < -0.3 is 10.6 Å². The van der Waals surface area contributed by atoms with Gasteiger partial charge in [0, 0.05) is 18.3 Å². The Morgan fingerprint density at radius 2 is 1.68 bits per heavy atom. The maximum Gasteiger partial charge on any atom is 0.126 e. The molecule has 19 heavy (non-hydrogen) atoms. The van der Waals surface area contributed by atoms with E-state index in [0.717, 1.165) is 5.82 Å². The number of nitrogens with one attached hydrogen (secondary N) is 2. The van der Waals surface area contributed by atoms with Gasteiger partial charge in [-0.05, 0) is 49.8 Å². The third-order valence-electron chi connectivity index (χ3n) is 4.12. The molecular weight excluding hydrogens is 234 g/mol. The molecule has 0 aromatic carbocycles. The molecule has 0 saturated heterocycles. The Labute approximate surface area is 117 Å². The third-order valence-corrected chi connectivity index (χ3v) is 4.12. The molecule has 0 amide bonds. The fraction of sp³-hybridized carbons (Fsp3) is 0.688. The number of hydrogen-bond acceptors (Lipinski definition) is 3. The largest absolute Gasteiger partial charge is 0.367 e. The summed E-state index contributed by atoms with van der Waals surface area (Å²) in [4.78, 5) is 4.55. The first-order valence-electron chi connectivity index (χ1n) is 7.39. The van der Waals surface area contributed by atoms with Gasteiger partial charge in [0.05, 0.1) is 0 Å². The molecular formula is C16H27N3. The molecule has 0 bridgehead atoms. The van der Waals surface area contributed by atoms with Crippen molar-refractivity contribution in [1.82, 2.24) is 10.3 Å². The molecule has 1 aromatic rings. The van der Waals surface area contributed by atoms with Crippen molar-refractivity contribution in [3.63, 3.8) is 0 Å². The van der Waals surface area contributed by atoms with Crippen LogP contribution in [0.15, 0.2) is 18.3 Å². The summed E-state index contributed by atoms with van der Waals surface area (Å²) in [5.74, 6) is 1.01. The van der Waals surface area contributed by atoms with Gasteiger partial charge >= 0.3 is 0 Å². The van der Waals surface area contributed by atoms with Gasteiger partial charge in [-0.25, -0.2) is 4.98 Å². The van der Waals surface area contributed by atoms with Crippen molar-refractivity contribution in [2.45, 2.75) is 64.0 Å². The fourth-order valence-corrected chi connectivity index (χ4v) is 2.66. The van der Waals surface area contributed by atoms with Crippen molar-refractivity contribution < 1.29 is 0 Å². The normalized spacial score (nSPS) is 24.2. The number of rotatable bonds is 3. The van der Waals surface area contributed by atoms with Crippen LogP contribution in [0.1, 0.15) is 52.0 Å². The zero-order chi connectivity index (χ0) is 13.9. The van der Waals surface area contributed by atoms with Crippen LogP contribution in [0.5, 0.6) is 0 Å². The Morgan fingerprint density at radius 1 is 1.05 bits per heavy atom. The number of anilines is 1. The predicted molar refractivity (Wildman–Crippen MR) is 81.7 cm³/mol. The van der Waals surface area contributed by atoms with Crippen LogP contribution >= 0.6 is 0 Å². The summed E-state index contributed by atoms with van der Waals surface area (Å²) in [5.41, 5.74) is 1.47. The number of aromatic nitrogens is 1. The molecule has 1 fully saturated rings. The minimum Gasteiger partial charge on any atom is -0.367 e. The van der Waals surface area contributed by atoms with Crippen LogP contribution in [0.3, 0.4) is 0 Å². The first-order valence-corrected chi connectivity index (χ1v) is 7.39. The van der Waals surface area contributed by atoms with Gasteiger partial charge in [0.15, 0.2) is 0 Å². The quantitative estimate of drug-likeness (QED) is 0.876. The smallest absolute Gasteiger partial charge is 0.126 e. The monoisotopic (exact) mass is 261 g/mol. The van der Waals surface area contributed by atoms with Crippen molar-refractivity contribution in [2.75, 3.05) is 12.4 Å². The van der Waals surface area contributed by atoms with E-state index in [1.165, 1.54) is 31.2 Å². The maximum absolute atomic E-state index is 4.55. The average molecular weight is 261 g/mol. The molecule has 0 unspecified atom stereocenters. The molecule has 1 aromatic heterocycles. The van der Waals surface area contributed by atoms with Crippen molar-refractivity contribution in [1.29, 1.82) is 0 Å². The van der Waals surface area contributed by atoms with Gasteiger partial charge in [0.2, 0.25) is 0 Å². The summed E-state index contributed by atoms with van der Waals surface area (Å²) < 4.78 is 0. The SMILES string of the molecule is CNC1CCC(Nc2ccc(C(C)(C)C)cn2)CC1. The van der Waals surface area contributed by atoms with E-state index < -0.39 is 0 Å². The minimum atomic E-state index is 0.177. The second-order valence-corrected chi connectivity index (χ2v) is 6.66. The summed E-state index contributed by atoms with van der Waals surface area (Å²) in [5, 5.41) is 6.93. The Kier molecular flexibility index (Phi) is 4.46. The molecule has 1 heterocycles. The number of nitrogens with zero attached hydrogens (tertiary/aromatic N) is 1. The number of hydrogen-bond donors (Lipinski definition) is 2. The van der Waals surface area contributed by atoms with Crippen LogP contribution in [-0.4, -0.2) is 24.1 Å². The molecule has 3 nitrogen and oxygen atoms in total. The first kappa shape index (κ1) is 14.3. The first-order chi connectivity index (χ1) is 8.99. The van der Waals surface area contributed by atoms with Gasteiger partial charge in [0.25, 0.3) is 0 Å². The molecule has 0 spiro atoms. The van der Waals surface area contributed by atoms with E-state index in [-0.39, 0.29) is 5.41 Å². The summed E-state index contributed by atoms with van der Waals surface area (Å²) in [6, 6.07) is 5.59. The fourth-order valence-electron chi connectivity index (χ4n) is 2.66. The summed E-state index contributed by atoms with van der Waals surface area (Å²) in [7, 11) is 2.06. The van der Waals surface area contributed by atoms with Crippen molar-refractivity contribution in [2.24, 2.45) is 0 Å². The van der Waals surface area contributed by atoms with E-state index in [1.807, 2.05) is 6.20 Å². The van der Waals surface area contributed by atoms with Crippen LogP contribution in [0.25, 0.3) is 0 Å². The summed E-state index contributed by atoms with van der Waals surface area (Å²) in [6.07, 6.45) is 6.98. The van der Waals surface area contributed by atoms with Crippen LogP contribution in [-0.2, 0) is 5.41 Å². The lowest BCUT2D eigenvalue weighted by Gasteiger charge is -2.29. The van der Waals surface area contributed by atoms with Crippen molar-refractivity contribution in [3.8, 4) is 0 Å². The second-order valence-electron chi connectivity index (χ2n) is 6.66. The molecule has 106 valence electrons. The molecule has 0 aliphatic heterocycles. The van der Waals surface area contributed by atoms with Crippen molar-refractivity contribution in [3.05, 3.63) is 23.9 Å². The molecule has 2 rings (SSSR count).